The summed E-state index contributed by atoms with van der Waals surface area (Å²) in [6.07, 6.45) is 0. The monoisotopic (exact) mass is 248 g/mol. The molecule has 0 aliphatic rings. The van der Waals surface area contributed by atoms with Crippen molar-refractivity contribution in [2.45, 2.75) is 11.1 Å². The summed E-state index contributed by atoms with van der Waals surface area (Å²) >= 11 is 3.28. The molecule has 2 rings (SSSR count). The Morgan fingerprint density at radius 2 is 2.00 bits per heavy atom. The van der Waals surface area contributed by atoms with E-state index in [0.29, 0.717) is 5.75 Å². The van der Waals surface area contributed by atoms with Gasteiger partial charge in [-0.3, -0.25) is 4.79 Å². The van der Waals surface area contributed by atoms with Gasteiger partial charge in [0.1, 0.15) is 0 Å². The van der Waals surface area contributed by atoms with Gasteiger partial charge in [0, 0.05) is 5.56 Å². The minimum absolute atomic E-state index is 0.193. The molecular formula is C13H12OS2. The van der Waals surface area contributed by atoms with Crippen molar-refractivity contribution < 1.29 is 4.79 Å². The normalized spacial score (nSPS) is 10.3. The smallest absolute Gasteiger partial charge is 0.173 e. The summed E-state index contributed by atoms with van der Waals surface area (Å²) in [5.74, 6) is 0.710. The van der Waals surface area contributed by atoms with E-state index in [0.717, 1.165) is 5.56 Å². The highest BCUT2D eigenvalue weighted by Gasteiger charge is 2.06. The molecule has 0 saturated heterocycles. The molecule has 1 aromatic carbocycles. The lowest BCUT2D eigenvalue weighted by Crippen LogP contribution is -2.01. The van der Waals surface area contributed by atoms with Crippen LogP contribution >= 0.6 is 23.1 Å². The molecule has 1 heterocycles. The van der Waals surface area contributed by atoms with E-state index in [2.05, 4.69) is 0 Å². The topological polar surface area (TPSA) is 17.1 Å². The van der Waals surface area contributed by atoms with Crippen molar-refractivity contribution in [2.75, 3.05) is 5.75 Å². The molecule has 0 saturated carbocycles. The fourth-order valence-electron chi connectivity index (χ4n) is 1.31. The molecule has 0 amide bonds. The highest BCUT2D eigenvalue weighted by molar-refractivity contribution is 8.01. The lowest BCUT2D eigenvalue weighted by molar-refractivity contribution is 0.102. The number of benzene rings is 1. The largest absolute Gasteiger partial charge is 0.293 e. The number of Topliss-reactive ketones (excluding diaryl/α,β-unsaturated/α-hetero) is 1. The number of thiophene rings is 1. The fraction of sp³-hybridized carbons (Fsp3) is 0.154. The third-order valence-corrected chi connectivity index (χ3v) is 4.35. The summed E-state index contributed by atoms with van der Waals surface area (Å²) in [5.41, 5.74) is 1.98. The van der Waals surface area contributed by atoms with Crippen LogP contribution in [0.3, 0.4) is 0 Å². The molecule has 0 aliphatic heterocycles. The zero-order chi connectivity index (χ0) is 11.4. The standard InChI is InChI=1S/C13H12OS2/c1-10-4-6-11(7-5-10)12(14)9-16-13-3-2-8-15-13/h2-8H,9H2,1H3. The maximum Gasteiger partial charge on any atom is 0.173 e. The van der Waals surface area contributed by atoms with Gasteiger partial charge in [-0.15, -0.1) is 23.1 Å². The van der Waals surface area contributed by atoms with Gasteiger partial charge in [0.05, 0.1) is 9.96 Å². The van der Waals surface area contributed by atoms with E-state index in [9.17, 15) is 4.79 Å². The van der Waals surface area contributed by atoms with Crippen LogP contribution in [0.2, 0.25) is 0 Å². The highest BCUT2D eigenvalue weighted by atomic mass is 32.2. The van der Waals surface area contributed by atoms with Crippen LogP contribution in [0.25, 0.3) is 0 Å². The van der Waals surface area contributed by atoms with Gasteiger partial charge in [0.15, 0.2) is 5.78 Å². The van der Waals surface area contributed by atoms with E-state index in [1.807, 2.05) is 48.7 Å². The van der Waals surface area contributed by atoms with Gasteiger partial charge in [-0.2, -0.15) is 0 Å². The van der Waals surface area contributed by atoms with E-state index in [-0.39, 0.29) is 5.78 Å². The Morgan fingerprint density at radius 3 is 2.62 bits per heavy atom. The molecule has 0 N–H and O–H groups in total. The molecular weight excluding hydrogens is 236 g/mol. The first-order valence-corrected chi connectivity index (χ1v) is 6.88. The number of hydrogen-bond acceptors (Lipinski definition) is 3. The summed E-state index contributed by atoms with van der Waals surface area (Å²) in [6, 6.07) is 11.8. The van der Waals surface area contributed by atoms with Gasteiger partial charge in [-0.25, -0.2) is 0 Å². The Hall–Kier alpha value is -1.06. The van der Waals surface area contributed by atoms with E-state index >= 15 is 0 Å². The molecule has 0 radical (unpaired) electrons. The van der Waals surface area contributed by atoms with Crippen molar-refractivity contribution in [1.82, 2.24) is 0 Å². The van der Waals surface area contributed by atoms with Crippen LogP contribution in [0.15, 0.2) is 46.0 Å². The fourth-order valence-corrected chi connectivity index (χ4v) is 2.98. The van der Waals surface area contributed by atoms with Crippen LogP contribution < -0.4 is 0 Å². The predicted octanol–water partition coefficient (Wildman–Crippen LogP) is 4.03. The molecule has 0 fully saturated rings. The van der Waals surface area contributed by atoms with Crippen LogP contribution in [-0.4, -0.2) is 11.5 Å². The maximum atomic E-state index is 11.8. The van der Waals surface area contributed by atoms with Crippen LogP contribution in [0, 0.1) is 6.92 Å². The van der Waals surface area contributed by atoms with Gasteiger partial charge in [0.25, 0.3) is 0 Å². The molecule has 0 aliphatic carbocycles. The van der Waals surface area contributed by atoms with Crippen molar-refractivity contribution >= 4 is 28.9 Å². The van der Waals surface area contributed by atoms with E-state index in [1.165, 1.54) is 9.77 Å². The molecule has 0 bridgehead atoms. The number of carbonyl (C=O) groups is 1. The second-order valence-corrected chi connectivity index (χ2v) is 5.73. The zero-order valence-corrected chi connectivity index (χ0v) is 10.6. The Labute approximate surface area is 104 Å². The van der Waals surface area contributed by atoms with Crippen molar-refractivity contribution in [2.24, 2.45) is 0 Å². The van der Waals surface area contributed by atoms with Gasteiger partial charge < -0.3 is 0 Å². The van der Waals surface area contributed by atoms with Gasteiger partial charge in [-0.05, 0) is 18.4 Å². The zero-order valence-electron chi connectivity index (χ0n) is 8.97. The molecule has 0 atom stereocenters. The van der Waals surface area contributed by atoms with Crippen molar-refractivity contribution in [1.29, 1.82) is 0 Å². The van der Waals surface area contributed by atoms with Crippen LogP contribution in [0.5, 0.6) is 0 Å². The first-order chi connectivity index (χ1) is 7.75. The second-order valence-electron chi connectivity index (χ2n) is 3.51. The van der Waals surface area contributed by atoms with E-state index in [1.54, 1.807) is 23.1 Å². The van der Waals surface area contributed by atoms with Gasteiger partial charge >= 0.3 is 0 Å². The highest BCUT2D eigenvalue weighted by Crippen LogP contribution is 2.24. The first kappa shape index (κ1) is 11.4. The molecule has 0 unspecified atom stereocenters. The average molecular weight is 248 g/mol. The molecule has 1 aromatic heterocycles. The molecule has 82 valence electrons. The number of aryl methyl sites for hydroxylation is 1. The summed E-state index contributed by atoms with van der Waals surface area (Å²) in [4.78, 5) is 11.8. The number of carbonyl (C=O) groups excluding carboxylic acids is 1. The molecule has 3 heteroatoms. The second kappa shape index (κ2) is 5.32. The number of thioether (sulfide) groups is 1. The van der Waals surface area contributed by atoms with Crippen molar-refractivity contribution in [3.05, 3.63) is 52.9 Å². The van der Waals surface area contributed by atoms with Crippen LogP contribution in [-0.2, 0) is 0 Å². The summed E-state index contributed by atoms with van der Waals surface area (Å²) in [5, 5.41) is 2.03. The maximum absolute atomic E-state index is 11.8. The van der Waals surface area contributed by atoms with Crippen LogP contribution in [0.1, 0.15) is 15.9 Å². The van der Waals surface area contributed by atoms with Crippen LogP contribution in [0.4, 0.5) is 0 Å². The summed E-state index contributed by atoms with van der Waals surface area (Å²) < 4.78 is 1.19. The number of rotatable bonds is 4. The summed E-state index contributed by atoms with van der Waals surface area (Å²) in [6.45, 7) is 2.02. The Bertz CT molecular complexity index is 457. The lowest BCUT2D eigenvalue weighted by atomic mass is 10.1. The Balaban J connectivity index is 1.95. The molecule has 1 nitrogen and oxygen atoms in total. The SMILES string of the molecule is Cc1ccc(C(=O)CSc2cccs2)cc1. The Morgan fingerprint density at radius 1 is 1.25 bits per heavy atom. The quantitative estimate of drug-likeness (QED) is 0.600. The Kier molecular flexibility index (Phi) is 3.80. The molecule has 2 aromatic rings. The van der Waals surface area contributed by atoms with Crippen molar-refractivity contribution in [3.63, 3.8) is 0 Å². The van der Waals surface area contributed by atoms with Gasteiger partial charge in [0.2, 0.25) is 0 Å². The first-order valence-electron chi connectivity index (χ1n) is 5.02. The minimum Gasteiger partial charge on any atom is -0.293 e. The third kappa shape index (κ3) is 2.97. The molecule has 16 heavy (non-hydrogen) atoms. The number of hydrogen-bond donors (Lipinski definition) is 0. The van der Waals surface area contributed by atoms with Gasteiger partial charge in [-0.1, -0.05) is 35.9 Å². The third-order valence-electron chi connectivity index (χ3n) is 2.21. The summed E-state index contributed by atoms with van der Waals surface area (Å²) in [7, 11) is 0. The van der Waals surface area contributed by atoms with E-state index in [4.69, 9.17) is 0 Å². The van der Waals surface area contributed by atoms with Crippen molar-refractivity contribution in [3.8, 4) is 0 Å². The minimum atomic E-state index is 0.193. The molecule has 0 spiro atoms. The average Bonchev–Trinajstić information content (AvgIpc) is 2.80. The lowest BCUT2D eigenvalue weighted by Gasteiger charge is -2.00. The predicted molar refractivity (Wildman–Crippen MR) is 70.6 cm³/mol. The number of ketones is 1. The van der Waals surface area contributed by atoms with E-state index < -0.39 is 0 Å².